The summed E-state index contributed by atoms with van der Waals surface area (Å²) >= 11 is 0. The lowest BCUT2D eigenvalue weighted by atomic mass is 10.1. The average molecular weight is 480 g/mol. The van der Waals surface area contributed by atoms with E-state index in [1.807, 2.05) is 0 Å². The largest absolute Gasteiger partial charge is 0.497 e. The molecule has 172 valence electrons. The number of aromatic nitrogens is 2. The number of ether oxygens (including phenoxy) is 2. The zero-order valence-electron chi connectivity index (χ0n) is 18.4. The van der Waals surface area contributed by atoms with Gasteiger partial charge in [-0.2, -0.15) is 4.72 Å². The molecule has 0 spiro atoms. The first-order valence-corrected chi connectivity index (χ1v) is 12.9. The van der Waals surface area contributed by atoms with Crippen molar-refractivity contribution in [1.29, 1.82) is 0 Å². The maximum atomic E-state index is 13.4. The van der Waals surface area contributed by atoms with E-state index in [2.05, 4.69) is 9.71 Å². The molecule has 1 aromatic heterocycles. The van der Waals surface area contributed by atoms with Gasteiger partial charge in [-0.15, -0.1) is 0 Å². The highest BCUT2D eigenvalue weighted by molar-refractivity contribution is 7.91. The van der Waals surface area contributed by atoms with Crippen LogP contribution in [0.3, 0.4) is 0 Å². The number of aryl methyl sites for hydroxylation is 2. The van der Waals surface area contributed by atoms with Crippen LogP contribution in [0, 0.1) is 6.92 Å². The lowest BCUT2D eigenvalue weighted by molar-refractivity contribution is 0.392. The van der Waals surface area contributed by atoms with E-state index in [0.29, 0.717) is 28.5 Å². The molecule has 11 heteroatoms. The van der Waals surface area contributed by atoms with E-state index in [9.17, 15) is 16.8 Å². The fraction of sp³-hybridized carbons (Fsp3) is 0.286. The number of nitrogens with one attached hydrogen (secondary N) is 1. The summed E-state index contributed by atoms with van der Waals surface area (Å²) in [5.41, 5.74) is 0.947. The second kappa shape index (κ2) is 8.93. The number of hydrogen-bond acceptors (Lipinski definition) is 7. The zero-order chi connectivity index (χ0) is 23.7. The van der Waals surface area contributed by atoms with Gasteiger partial charge >= 0.3 is 0 Å². The number of nitrogens with zero attached hydrogens (tertiary/aromatic N) is 2. The molecule has 1 N–H and O–H groups in total. The van der Waals surface area contributed by atoms with Crippen LogP contribution in [-0.4, -0.2) is 46.9 Å². The van der Waals surface area contributed by atoms with Gasteiger partial charge in [0.05, 0.1) is 24.0 Å². The van der Waals surface area contributed by atoms with Gasteiger partial charge in [0.25, 0.3) is 0 Å². The van der Waals surface area contributed by atoms with Crippen LogP contribution in [-0.2, 0) is 26.9 Å². The summed E-state index contributed by atoms with van der Waals surface area (Å²) in [6.07, 6.45) is 4.29. The minimum atomic E-state index is -4.15. The van der Waals surface area contributed by atoms with Crippen molar-refractivity contribution in [3.8, 4) is 11.5 Å². The highest BCUT2D eigenvalue weighted by atomic mass is 32.2. The highest BCUT2D eigenvalue weighted by Gasteiger charge is 2.28. The van der Waals surface area contributed by atoms with Crippen molar-refractivity contribution >= 4 is 19.9 Å². The Kier molecular flexibility index (Phi) is 6.63. The van der Waals surface area contributed by atoms with E-state index in [-0.39, 0.29) is 9.79 Å². The first-order valence-electron chi connectivity index (χ1n) is 9.49. The lowest BCUT2D eigenvalue weighted by Crippen LogP contribution is -2.31. The number of rotatable bonds is 8. The first kappa shape index (κ1) is 23.8. The molecule has 1 heterocycles. The van der Waals surface area contributed by atoms with Crippen molar-refractivity contribution in [1.82, 2.24) is 14.3 Å². The lowest BCUT2D eigenvalue weighted by Gasteiger charge is -2.21. The van der Waals surface area contributed by atoms with Crippen molar-refractivity contribution in [2.45, 2.75) is 22.8 Å². The van der Waals surface area contributed by atoms with Crippen LogP contribution >= 0.6 is 0 Å². The number of imidazole rings is 1. The topological polar surface area (TPSA) is 117 Å². The van der Waals surface area contributed by atoms with Crippen LogP contribution in [0.5, 0.6) is 11.5 Å². The third kappa shape index (κ3) is 4.95. The fourth-order valence-corrected chi connectivity index (χ4v) is 5.41. The predicted molar refractivity (Wildman–Crippen MR) is 119 cm³/mol. The molecule has 9 nitrogen and oxygen atoms in total. The molecule has 0 aliphatic heterocycles. The number of methoxy groups -OCH3 is 2. The Balaban J connectivity index is 2.16. The molecular formula is C21H25N3O6S2. The molecule has 0 bridgehead atoms. The Hall–Kier alpha value is -2.89. The second-order valence-electron chi connectivity index (χ2n) is 7.30. The van der Waals surface area contributed by atoms with Gasteiger partial charge in [0.15, 0.2) is 9.84 Å². The summed E-state index contributed by atoms with van der Waals surface area (Å²) in [7, 11) is -3.00. The first-order chi connectivity index (χ1) is 15.0. The number of hydrogen-bond donors (Lipinski definition) is 1. The van der Waals surface area contributed by atoms with Crippen molar-refractivity contribution in [3.63, 3.8) is 0 Å². The molecule has 1 unspecified atom stereocenters. The van der Waals surface area contributed by atoms with Crippen molar-refractivity contribution in [2.24, 2.45) is 7.05 Å². The summed E-state index contributed by atoms with van der Waals surface area (Å²) < 4.78 is 65.8. The van der Waals surface area contributed by atoms with E-state index < -0.39 is 25.9 Å². The van der Waals surface area contributed by atoms with Crippen LogP contribution in [0.4, 0.5) is 0 Å². The van der Waals surface area contributed by atoms with Crippen molar-refractivity contribution in [2.75, 3.05) is 20.5 Å². The highest BCUT2D eigenvalue weighted by Crippen LogP contribution is 2.31. The van der Waals surface area contributed by atoms with Crippen LogP contribution in [0.25, 0.3) is 0 Å². The minimum absolute atomic E-state index is 0.0833. The molecule has 0 fully saturated rings. The molecule has 0 saturated heterocycles. The molecule has 0 amide bonds. The number of benzene rings is 2. The molecule has 0 radical (unpaired) electrons. The maximum Gasteiger partial charge on any atom is 0.241 e. The SMILES string of the molecule is COc1cc(OC)cc(C(NS(=O)(=O)c2cc(S(C)(=O)=O)ccc2C)c2nccn2C)c1. The van der Waals surface area contributed by atoms with E-state index in [1.165, 1.54) is 26.4 Å². The third-order valence-electron chi connectivity index (χ3n) is 4.97. The van der Waals surface area contributed by atoms with Gasteiger partial charge in [0.1, 0.15) is 23.4 Å². The summed E-state index contributed by atoms with van der Waals surface area (Å²) in [6.45, 7) is 1.60. The predicted octanol–water partition coefficient (Wildman–Crippen LogP) is 2.22. The quantitative estimate of drug-likeness (QED) is 0.526. The van der Waals surface area contributed by atoms with Crippen LogP contribution in [0.1, 0.15) is 23.0 Å². The number of sulfonamides is 1. The van der Waals surface area contributed by atoms with Crippen molar-refractivity contribution < 1.29 is 26.3 Å². The second-order valence-corrected chi connectivity index (χ2v) is 11.0. The smallest absolute Gasteiger partial charge is 0.241 e. The van der Waals surface area contributed by atoms with Gasteiger partial charge in [0, 0.05) is 31.8 Å². The summed E-state index contributed by atoms with van der Waals surface area (Å²) in [6, 6.07) is 8.16. The molecule has 0 aliphatic rings. The molecule has 32 heavy (non-hydrogen) atoms. The molecule has 3 aromatic rings. The Morgan fingerprint density at radius 3 is 2.12 bits per heavy atom. The van der Waals surface area contributed by atoms with Crippen molar-refractivity contribution in [3.05, 3.63) is 65.7 Å². The average Bonchev–Trinajstić information content (AvgIpc) is 3.16. The zero-order valence-corrected chi connectivity index (χ0v) is 20.0. The van der Waals surface area contributed by atoms with E-state index >= 15 is 0 Å². The molecule has 3 rings (SSSR count). The Labute approximate surface area is 188 Å². The van der Waals surface area contributed by atoms with E-state index in [4.69, 9.17) is 9.47 Å². The summed E-state index contributed by atoms with van der Waals surface area (Å²) in [5, 5.41) is 0. The maximum absolute atomic E-state index is 13.4. The fourth-order valence-electron chi connectivity index (χ4n) is 3.24. The summed E-state index contributed by atoms with van der Waals surface area (Å²) in [5.74, 6) is 1.39. The van der Waals surface area contributed by atoms with E-state index in [1.54, 1.807) is 49.1 Å². The Morgan fingerprint density at radius 2 is 1.62 bits per heavy atom. The third-order valence-corrected chi connectivity index (χ3v) is 7.65. The van der Waals surface area contributed by atoms with Crippen LogP contribution < -0.4 is 14.2 Å². The molecular weight excluding hydrogens is 454 g/mol. The Morgan fingerprint density at radius 1 is 1.00 bits per heavy atom. The van der Waals surface area contributed by atoms with E-state index in [0.717, 1.165) is 12.3 Å². The van der Waals surface area contributed by atoms with Gasteiger partial charge in [-0.3, -0.25) is 0 Å². The van der Waals surface area contributed by atoms with Gasteiger partial charge in [0.2, 0.25) is 10.0 Å². The normalized spacial score (nSPS) is 13.0. The molecule has 0 aliphatic carbocycles. The van der Waals surface area contributed by atoms with Gasteiger partial charge in [-0.25, -0.2) is 21.8 Å². The standard InChI is InChI=1S/C21H25N3O6S2/c1-14-6-7-18(31(5,25)26)13-19(14)32(27,28)23-20(21-22-8-9-24(21)2)15-10-16(29-3)12-17(11-15)30-4/h6-13,20,23H,1-5H3. The van der Waals surface area contributed by atoms with Gasteiger partial charge in [-0.05, 0) is 42.3 Å². The van der Waals surface area contributed by atoms with Gasteiger partial charge < -0.3 is 14.0 Å². The van der Waals surface area contributed by atoms with Crippen LogP contribution in [0.2, 0.25) is 0 Å². The minimum Gasteiger partial charge on any atom is -0.497 e. The monoisotopic (exact) mass is 479 g/mol. The Bertz CT molecular complexity index is 1330. The van der Waals surface area contributed by atoms with Crippen LogP contribution in [0.15, 0.2) is 58.6 Å². The van der Waals surface area contributed by atoms with Gasteiger partial charge in [-0.1, -0.05) is 6.07 Å². The number of sulfone groups is 1. The summed E-state index contributed by atoms with van der Waals surface area (Å²) in [4.78, 5) is 4.11. The molecule has 2 aromatic carbocycles. The molecule has 0 saturated carbocycles. The molecule has 1 atom stereocenters.